The van der Waals surface area contributed by atoms with Crippen molar-refractivity contribution in [3.63, 3.8) is 0 Å². The van der Waals surface area contributed by atoms with E-state index in [0.29, 0.717) is 0 Å². The molecule has 330 valence electrons. The monoisotopic (exact) mass is 940 g/mol. The standard InChI is InChI=1S/C61H52N2S4/c1-7-61(8-2)55-37-51(62(47-21-13-43(14-22-47)57-33-9-39(3)64-57)48-23-15-44(16-24-48)58-34-10-40(4)65-58)29-31-53(55)54-32-30-52(38-56(54)61)63(49-25-17-45(18-26-49)59-35-11-41(5)66-59)50-27-19-46(20-28-50)60-36-12-42(6)67-60/h9-38H,7-8H2,1-6H3. The molecule has 0 spiro atoms. The summed E-state index contributed by atoms with van der Waals surface area (Å²) in [6, 6.07) is 68.8. The average molecular weight is 941 g/mol. The lowest BCUT2D eigenvalue weighted by molar-refractivity contribution is 0.490. The number of rotatable bonds is 12. The molecule has 0 saturated heterocycles. The molecule has 0 saturated carbocycles. The van der Waals surface area contributed by atoms with Crippen LogP contribution in [0, 0.1) is 27.7 Å². The van der Waals surface area contributed by atoms with Crippen LogP contribution in [-0.2, 0) is 5.41 Å². The summed E-state index contributed by atoms with van der Waals surface area (Å²) in [7, 11) is 0. The van der Waals surface area contributed by atoms with E-state index in [2.05, 4.69) is 233 Å². The van der Waals surface area contributed by atoms with E-state index >= 15 is 0 Å². The fourth-order valence-electron chi connectivity index (χ4n) is 10.1. The normalized spacial score (nSPS) is 12.6. The van der Waals surface area contributed by atoms with Gasteiger partial charge in [0, 0.05) is 78.6 Å². The summed E-state index contributed by atoms with van der Waals surface area (Å²) in [5.41, 5.74) is 17.2. The number of thiophene rings is 4. The first kappa shape index (κ1) is 43.3. The molecule has 4 aromatic heterocycles. The van der Waals surface area contributed by atoms with Crippen molar-refractivity contribution >= 4 is 79.5 Å². The zero-order chi connectivity index (χ0) is 45.8. The number of hydrogen-bond acceptors (Lipinski definition) is 6. The number of nitrogens with zero attached hydrogens (tertiary/aromatic N) is 2. The molecular weight excluding hydrogens is 889 g/mol. The van der Waals surface area contributed by atoms with Gasteiger partial charge in [0.1, 0.15) is 0 Å². The molecule has 0 bridgehead atoms. The van der Waals surface area contributed by atoms with Crippen LogP contribution >= 0.6 is 45.3 Å². The van der Waals surface area contributed by atoms with E-state index < -0.39 is 0 Å². The van der Waals surface area contributed by atoms with Crippen LogP contribution in [0.25, 0.3) is 52.9 Å². The second-order valence-corrected chi connectivity index (χ2v) is 22.9. The van der Waals surface area contributed by atoms with E-state index in [-0.39, 0.29) is 5.41 Å². The van der Waals surface area contributed by atoms with Crippen molar-refractivity contribution in [1.82, 2.24) is 0 Å². The van der Waals surface area contributed by atoms with E-state index in [1.807, 2.05) is 45.3 Å². The molecule has 0 atom stereocenters. The van der Waals surface area contributed by atoms with Crippen molar-refractivity contribution in [3.8, 4) is 52.9 Å². The molecule has 0 N–H and O–H groups in total. The number of hydrogen-bond donors (Lipinski definition) is 0. The van der Waals surface area contributed by atoms with Crippen LogP contribution in [0.1, 0.15) is 57.3 Å². The first-order valence-corrected chi connectivity index (χ1v) is 26.5. The van der Waals surface area contributed by atoms with Crippen LogP contribution < -0.4 is 9.80 Å². The minimum absolute atomic E-state index is 0.169. The topological polar surface area (TPSA) is 6.48 Å². The lowest BCUT2D eigenvalue weighted by Gasteiger charge is -2.33. The van der Waals surface area contributed by atoms with E-state index in [1.54, 1.807) is 0 Å². The SMILES string of the molecule is CCC1(CC)c2cc(N(c3ccc(-c4ccc(C)s4)cc3)c3ccc(-c4ccc(C)s4)cc3)ccc2-c2ccc(N(c3ccc(-c4ccc(C)s4)cc3)c3ccc(-c4ccc(C)s4)cc3)cc21. The van der Waals surface area contributed by atoms with Crippen LogP contribution in [-0.4, -0.2) is 0 Å². The first-order chi connectivity index (χ1) is 32.7. The fourth-order valence-corrected chi connectivity index (χ4v) is 13.6. The maximum absolute atomic E-state index is 2.50. The predicted molar refractivity (Wildman–Crippen MR) is 295 cm³/mol. The lowest BCUT2D eigenvalue weighted by atomic mass is 9.73. The quantitative estimate of drug-likeness (QED) is 0.120. The Hall–Kier alpha value is -6.28. The summed E-state index contributed by atoms with van der Waals surface area (Å²) in [6.07, 6.45) is 1.98. The summed E-state index contributed by atoms with van der Waals surface area (Å²) in [6.45, 7) is 13.5. The lowest BCUT2D eigenvalue weighted by Crippen LogP contribution is -2.24. The molecule has 6 aromatic carbocycles. The number of fused-ring (bicyclic) bond motifs is 3. The van der Waals surface area contributed by atoms with Gasteiger partial charge in [0.05, 0.1) is 0 Å². The smallest absolute Gasteiger partial charge is 0.0465 e. The highest BCUT2D eigenvalue weighted by molar-refractivity contribution is 7.16. The summed E-state index contributed by atoms with van der Waals surface area (Å²) in [5, 5.41) is 0. The van der Waals surface area contributed by atoms with Gasteiger partial charge in [-0.1, -0.05) is 74.5 Å². The Morgan fingerprint density at radius 1 is 0.313 bits per heavy atom. The van der Waals surface area contributed by atoms with Crippen molar-refractivity contribution in [2.75, 3.05) is 9.80 Å². The molecule has 0 aliphatic heterocycles. The molecule has 67 heavy (non-hydrogen) atoms. The molecule has 0 radical (unpaired) electrons. The highest BCUT2D eigenvalue weighted by atomic mass is 32.1. The first-order valence-electron chi connectivity index (χ1n) is 23.3. The Morgan fingerprint density at radius 3 is 0.791 bits per heavy atom. The fraction of sp³-hybridized carbons (Fsp3) is 0.148. The van der Waals surface area contributed by atoms with E-state index in [1.165, 1.54) is 94.9 Å². The van der Waals surface area contributed by atoms with E-state index in [9.17, 15) is 0 Å². The molecule has 1 aliphatic rings. The van der Waals surface area contributed by atoms with Crippen molar-refractivity contribution in [3.05, 3.63) is 213 Å². The van der Waals surface area contributed by atoms with Gasteiger partial charge in [-0.25, -0.2) is 0 Å². The van der Waals surface area contributed by atoms with Gasteiger partial charge >= 0.3 is 0 Å². The van der Waals surface area contributed by atoms with Crippen LogP contribution in [0.2, 0.25) is 0 Å². The molecule has 2 nitrogen and oxygen atoms in total. The number of aryl methyl sites for hydroxylation is 4. The van der Waals surface area contributed by atoms with Gasteiger partial charge in [0.25, 0.3) is 0 Å². The van der Waals surface area contributed by atoms with Gasteiger partial charge in [-0.2, -0.15) is 0 Å². The molecule has 11 rings (SSSR count). The summed E-state index contributed by atoms with van der Waals surface area (Å²) in [4.78, 5) is 15.4. The Bertz CT molecular complexity index is 2970. The van der Waals surface area contributed by atoms with Crippen molar-refractivity contribution in [2.24, 2.45) is 0 Å². The number of anilines is 6. The minimum atomic E-state index is -0.169. The third-order valence-electron chi connectivity index (χ3n) is 13.7. The van der Waals surface area contributed by atoms with Crippen LogP contribution in [0.15, 0.2) is 182 Å². The second kappa shape index (κ2) is 17.7. The van der Waals surface area contributed by atoms with Crippen molar-refractivity contribution in [1.29, 1.82) is 0 Å². The van der Waals surface area contributed by atoms with Gasteiger partial charge < -0.3 is 9.80 Å². The molecule has 0 fully saturated rings. The minimum Gasteiger partial charge on any atom is -0.310 e. The van der Waals surface area contributed by atoms with Crippen LogP contribution in [0.5, 0.6) is 0 Å². The van der Waals surface area contributed by atoms with Crippen molar-refractivity contribution < 1.29 is 0 Å². The highest BCUT2D eigenvalue weighted by Crippen LogP contribution is 2.56. The maximum atomic E-state index is 2.50. The van der Waals surface area contributed by atoms with E-state index in [0.717, 1.165) is 35.6 Å². The Kier molecular flexibility index (Phi) is 11.5. The Balaban J connectivity index is 1.00. The van der Waals surface area contributed by atoms with Gasteiger partial charge in [0.15, 0.2) is 0 Å². The maximum Gasteiger partial charge on any atom is 0.0465 e. The predicted octanol–water partition coefficient (Wildman–Crippen LogP) is 19.9. The highest BCUT2D eigenvalue weighted by Gasteiger charge is 2.41. The van der Waals surface area contributed by atoms with Gasteiger partial charge in [-0.3, -0.25) is 0 Å². The average Bonchev–Trinajstić information content (AvgIpc) is 4.22. The summed E-state index contributed by atoms with van der Waals surface area (Å²) < 4.78 is 0. The third kappa shape index (κ3) is 8.00. The van der Waals surface area contributed by atoms with Gasteiger partial charge in [-0.05, 0) is 206 Å². The van der Waals surface area contributed by atoms with Crippen LogP contribution in [0.4, 0.5) is 34.1 Å². The molecule has 6 heteroatoms. The van der Waals surface area contributed by atoms with Gasteiger partial charge in [-0.15, -0.1) is 45.3 Å². The van der Waals surface area contributed by atoms with E-state index in [4.69, 9.17) is 0 Å². The Labute approximate surface area is 411 Å². The van der Waals surface area contributed by atoms with Crippen molar-refractivity contribution in [2.45, 2.75) is 59.8 Å². The zero-order valence-corrected chi connectivity index (χ0v) is 42.0. The largest absolute Gasteiger partial charge is 0.310 e. The molecular formula is C61H52N2S4. The van der Waals surface area contributed by atoms with Gasteiger partial charge in [0.2, 0.25) is 0 Å². The van der Waals surface area contributed by atoms with Crippen LogP contribution in [0.3, 0.4) is 0 Å². The molecule has 0 unspecified atom stereocenters. The molecule has 10 aromatic rings. The number of benzene rings is 6. The summed E-state index contributed by atoms with van der Waals surface area (Å²) >= 11 is 7.39. The second-order valence-electron chi connectivity index (χ2n) is 17.7. The third-order valence-corrected chi connectivity index (χ3v) is 17.9. The Morgan fingerprint density at radius 2 is 0.567 bits per heavy atom. The molecule has 0 amide bonds. The summed E-state index contributed by atoms with van der Waals surface area (Å²) in [5.74, 6) is 0. The molecule has 1 aliphatic carbocycles. The zero-order valence-electron chi connectivity index (χ0n) is 38.8. The molecule has 4 heterocycles.